The largest absolute Gasteiger partial charge is 0.389 e. The van der Waals surface area contributed by atoms with Crippen molar-refractivity contribution < 1.29 is 9.90 Å². The maximum Gasteiger partial charge on any atom is 0.138 e. The first-order chi connectivity index (χ1) is 6.50. The molecule has 0 heterocycles. The summed E-state index contributed by atoms with van der Waals surface area (Å²) in [6.45, 7) is 4.07. The maximum absolute atomic E-state index is 11.6. The predicted octanol–water partition coefficient (Wildman–Crippen LogP) is 2.93. The summed E-state index contributed by atoms with van der Waals surface area (Å²) < 4.78 is 0. The van der Waals surface area contributed by atoms with Crippen LogP contribution in [0.25, 0.3) is 0 Å². The van der Waals surface area contributed by atoms with Crippen LogP contribution in [0.2, 0.25) is 0 Å². The summed E-state index contributed by atoms with van der Waals surface area (Å²) in [5, 5.41) is 10.7. The molecule has 0 bridgehead atoms. The van der Waals surface area contributed by atoms with E-state index in [9.17, 15) is 9.90 Å². The summed E-state index contributed by atoms with van der Waals surface area (Å²) >= 11 is 0. The Morgan fingerprint density at radius 1 is 1.27 bits per heavy atom. The number of Topliss-reactive ketones (excluding diaryl/α,β-unsaturated/α-hetero) is 1. The molecular weight excluding hydrogens is 188 g/mol. The monoisotopic (exact) mass is 212 g/mol. The third-order valence-electron chi connectivity index (χ3n) is 4.70. The zero-order chi connectivity index (χ0) is 10.4. The first-order valence-electron chi connectivity index (χ1n) is 5.75. The Kier molecular flexibility index (Phi) is 3.30. The lowest BCUT2D eigenvalue weighted by atomic mass is 9.53. The second-order valence-electron chi connectivity index (χ2n) is 5.38. The standard InChI is InChI=1S/C12H20O2.CH4/c1-9-10(13)5-8-11(2)6-3-4-7-12(9,11)14;/h9,14H,3-8H2,1-2H3;1H4/t9-,11+,12+;/m0./s1. The summed E-state index contributed by atoms with van der Waals surface area (Å²) in [5.74, 6) is 0.105. The van der Waals surface area contributed by atoms with E-state index >= 15 is 0 Å². The van der Waals surface area contributed by atoms with Crippen LogP contribution in [0.4, 0.5) is 0 Å². The van der Waals surface area contributed by atoms with Gasteiger partial charge in [0.2, 0.25) is 0 Å². The molecule has 0 radical (unpaired) electrons. The van der Waals surface area contributed by atoms with Crippen molar-refractivity contribution >= 4 is 5.78 Å². The first kappa shape index (κ1) is 12.7. The molecular formula is C13H24O2. The molecule has 3 atom stereocenters. The minimum absolute atomic E-state index is 0. The van der Waals surface area contributed by atoms with E-state index in [4.69, 9.17) is 0 Å². The van der Waals surface area contributed by atoms with Crippen LogP contribution in [0.3, 0.4) is 0 Å². The molecule has 0 aliphatic heterocycles. The molecule has 2 nitrogen and oxygen atoms in total. The van der Waals surface area contributed by atoms with Gasteiger partial charge in [-0.2, -0.15) is 0 Å². The Morgan fingerprint density at radius 2 is 1.87 bits per heavy atom. The van der Waals surface area contributed by atoms with E-state index in [0.29, 0.717) is 6.42 Å². The summed E-state index contributed by atoms with van der Waals surface area (Å²) in [4.78, 5) is 11.6. The van der Waals surface area contributed by atoms with Gasteiger partial charge < -0.3 is 5.11 Å². The van der Waals surface area contributed by atoms with Crippen LogP contribution in [0.1, 0.15) is 59.8 Å². The van der Waals surface area contributed by atoms with Gasteiger partial charge in [-0.05, 0) is 24.7 Å². The molecule has 2 aliphatic carbocycles. The number of ketones is 1. The van der Waals surface area contributed by atoms with Gasteiger partial charge in [-0.1, -0.05) is 34.1 Å². The summed E-state index contributed by atoms with van der Waals surface area (Å²) in [6, 6.07) is 0. The molecule has 0 amide bonds. The van der Waals surface area contributed by atoms with E-state index in [0.717, 1.165) is 25.7 Å². The number of aliphatic hydroxyl groups is 1. The van der Waals surface area contributed by atoms with Crippen molar-refractivity contribution in [3.05, 3.63) is 0 Å². The van der Waals surface area contributed by atoms with Gasteiger partial charge in [0.25, 0.3) is 0 Å². The molecule has 2 fully saturated rings. The Hall–Kier alpha value is -0.370. The maximum atomic E-state index is 11.6. The van der Waals surface area contributed by atoms with Crippen molar-refractivity contribution in [1.29, 1.82) is 0 Å². The molecule has 2 saturated carbocycles. The first-order valence-corrected chi connectivity index (χ1v) is 5.75. The van der Waals surface area contributed by atoms with Gasteiger partial charge in [0.05, 0.1) is 5.60 Å². The summed E-state index contributed by atoms with van der Waals surface area (Å²) in [7, 11) is 0. The van der Waals surface area contributed by atoms with Crippen LogP contribution < -0.4 is 0 Å². The van der Waals surface area contributed by atoms with Crippen LogP contribution in [-0.4, -0.2) is 16.5 Å². The highest BCUT2D eigenvalue weighted by Crippen LogP contribution is 2.54. The Balaban J connectivity index is 0.00000112. The van der Waals surface area contributed by atoms with Crippen LogP contribution in [0.15, 0.2) is 0 Å². The van der Waals surface area contributed by atoms with E-state index in [1.165, 1.54) is 6.42 Å². The zero-order valence-electron chi connectivity index (χ0n) is 9.18. The van der Waals surface area contributed by atoms with Crippen LogP contribution in [-0.2, 0) is 4.79 Å². The summed E-state index contributed by atoms with van der Waals surface area (Å²) in [6.07, 6.45) is 5.73. The van der Waals surface area contributed by atoms with Crippen molar-refractivity contribution in [3.8, 4) is 0 Å². The molecule has 15 heavy (non-hydrogen) atoms. The lowest BCUT2D eigenvalue weighted by Crippen LogP contribution is -2.58. The van der Waals surface area contributed by atoms with Gasteiger partial charge in [0.15, 0.2) is 0 Å². The van der Waals surface area contributed by atoms with Gasteiger partial charge in [0.1, 0.15) is 5.78 Å². The average molecular weight is 212 g/mol. The number of carbonyl (C=O) groups excluding carboxylic acids is 1. The van der Waals surface area contributed by atoms with E-state index in [-0.39, 0.29) is 24.5 Å². The fraction of sp³-hybridized carbons (Fsp3) is 0.923. The van der Waals surface area contributed by atoms with E-state index in [1.54, 1.807) is 0 Å². The van der Waals surface area contributed by atoms with Gasteiger partial charge in [-0.25, -0.2) is 0 Å². The highest BCUT2D eigenvalue weighted by Gasteiger charge is 2.55. The van der Waals surface area contributed by atoms with Gasteiger partial charge in [-0.3, -0.25) is 4.79 Å². The smallest absolute Gasteiger partial charge is 0.138 e. The predicted molar refractivity (Wildman–Crippen MR) is 61.7 cm³/mol. The Morgan fingerprint density at radius 3 is 2.53 bits per heavy atom. The van der Waals surface area contributed by atoms with E-state index in [2.05, 4.69) is 6.92 Å². The van der Waals surface area contributed by atoms with Crippen LogP contribution >= 0.6 is 0 Å². The highest BCUT2D eigenvalue weighted by molar-refractivity contribution is 5.83. The topological polar surface area (TPSA) is 37.3 Å². The fourth-order valence-electron chi connectivity index (χ4n) is 3.39. The number of hydrogen-bond donors (Lipinski definition) is 1. The second kappa shape index (κ2) is 3.89. The van der Waals surface area contributed by atoms with Gasteiger partial charge in [0, 0.05) is 12.3 Å². The Bertz CT molecular complexity index is 261. The zero-order valence-corrected chi connectivity index (χ0v) is 9.18. The molecule has 2 rings (SSSR count). The normalized spacial score (nSPS) is 45.5. The number of hydrogen-bond acceptors (Lipinski definition) is 2. The Labute approximate surface area is 93.1 Å². The lowest BCUT2D eigenvalue weighted by Gasteiger charge is -2.54. The molecule has 0 saturated heterocycles. The molecule has 1 N–H and O–H groups in total. The van der Waals surface area contributed by atoms with E-state index < -0.39 is 5.60 Å². The molecule has 88 valence electrons. The summed E-state index contributed by atoms with van der Waals surface area (Å²) in [5.41, 5.74) is -0.709. The van der Waals surface area contributed by atoms with Crippen molar-refractivity contribution in [2.45, 2.75) is 65.4 Å². The second-order valence-corrected chi connectivity index (χ2v) is 5.38. The fourth-order valence-corrected chi connectivity index (χ4v) is 3.39. The molecule has 0 aromatic rings. The highest BCUT2D eigenvalue weighted by atomic mass is 16.3. The van der Waals surface area contributed by atoms with Crippen LogP contribution in [0, 0.1) is 11.3 Å². The SMILES string of the molecule is C.C[C@H]1C(=O)CC[C@@]2(C)CCCC[C@@]12O. The lowest BCUT2D eigenvalue weighted by molar-refractivity contribution is -0.175. The molecule has 2 aliphatic rings. The minimum atomic E-state index is -0.708. The van der Waals surface area contributed by atoms with Crippen LogP contribution in [0.5, 0.6) is 0 Å². The van der Waals surface area contributed by atoms with Crippen molar-refractivity contribution in [2.75, 3.05) is 0 Å². The molecule has 2 heteroatoms. The third-order valence-corrected chi connectivity index (χ3v) is 4.70. The van der Waals surface area contributed by atoms with E-state index in [1.807, 2.05) is 6.92 Å². The molecule has 0 spiro atoms. The van der Waals surface area contributed by atoms with Crippen molar-refractivity contribution in [3.63, 3.8) is 0 Å². The molecule has 0 unspecified atom stereocenters. The van der Waals surface area contributed by atoms with Crippen molar-refractivity contribution in [1.82, 2.24) is 0 Å². The number of fused-ring (bicyclic) bond motifs is 1. The quantitative estimate of drug-likeness (QED) is 0.670. The molecule has 0 aromatic heterocycles. The molecule has 0 aromatic carbocycles. The van der Waals surface area contributed by atoms with Crippen molar-refractivity contribution in [2.24, 2.45) is 11.3 Å². The average Bonchev–Trinajstić information content (AvgIpc) is 2.16. The minimum Gasteiger partial charge on any atom is -0.389 e. The number of rotatable bonds is 0. The van der Waals surface area contributed by atoms with Gasteiger partial charge in [-0.15, -0.1) is 0 Å². The van der Waals surface area contributed by atoms with Gasteiger partial charge >= 0.3 is 0 Å². The number of carbonyl (C=O) groups is 1. The third kappa shape index (κ3) is 1.63.